The second-order valence-corrected chi connectivity index (χ2v) is 2.77. The molecule has 0 saturated heterocycles. The minimum Gasteiger partial charge on any atom is -0.478 e. The molecule has 3 heteroatoms. The standard InChI is InChI=1S/C10H7O3/c1-6-4-8(10(11)12)9-5-13-3-2-7(6)9/h2-5H,1H2,(H,11,12). The van der Waals surface area contributed by atoms with Gasteiger partial charge in [-0.25, -0.2) is 4.79 Å². The lowest BCUT2D eigenvalue weighted by Crippen LogP contribution is -1.94. The third kappa shape index (κ3) is 1.09. The Balaban J connectivity index is 2.74. The van der Waals surface area contributed by atoms with Gasteiger partial charge >= 0.3 is 5.97 Å². The van der Waals surface area contributed by atoms with E-state index in [1.807, 2.05) is 0 Å². The average molecular weight is 175 g/mol. The van der Waals surface area contributed by atoms with Crippen LogP contribution < -0.4 is 0 Å². The van der Waals surface area contributed by atoms with Gasteiger partial charge in [0.15, 0.2) is 0 Å². The predicted molar refractivity (Wildman–Crippen MR) is 46.7 cm³/mol. The number of carboxylic acid groups (broad SMARTS) is 1. The fourth-order valence-corrected chi connectivity index (χ4v) is 1.36. The quantitative estimate of drug-likeness (QED) is 0.723. The molecule has 13 heavy (non-hydrogen) atoms. The molecular formula is C10H7O3. The third-order valence-electron chi connectivity index (χ3n) is 1.97. The zero-order valence-electron chi connectivity index (χ0n) is 6.78. The molecule has 2 aliphatic rings. The number of aromatic carboxylic acids is 1. The number of carboxylic acids is 1. The van der Waals surface area contributed by atoms with Crippen LogP contribution in [0.3, 0.4) is 0 Å². The topological polar surface area (TPSA) is 50.4 Å². The van der Waals surface area contributed by atoms with Crippen LogP contribution in [0.5, 0.6) is 0 Å². The van der Waals surface area contributed by atoms with Crippen LogP contribution in [0.25, 0.3) is 11.1 Å². The van der Waals surface area contributed by atoms with Gasteiger partial charge in [-0.05, 0) is 30.2 Å². The van der Waals surface area contributed by atoms with Gasteiger partial charge in [0.1, 0.15) is 0 Å². The normalized spacial score (nSPS) is 10.5. The summed E-state index contributed by atoms with van der Waals surface area (Å²) >= 11 is 0. The van der Waals surface area contributed by atoms with Crippen LogP contribution in [0.1, 0.15) is 15.9 Å². The first-order valence-electron chi connectivity index (χ1n) is 3.74. The second-order valence-electron chi connectivity index (χ2n) is 2.77. The van der Waals surface area contributed by atoms with E-state index in [1.54, 1.807) is 12.1 Å². The number of rotatable bonds is 1. The first-order valence-corrected chi connectivity index (χ1v) is 3.74. The highest BCUT2D eigenvalue weighted by atomic mass is 16.4. The Morgan fingerprint density at radius 3 is 2.92 bits per heavy atom. The maximum absolute atomic E-state index is 10.8. The van der Waals surface area contributed by atoms with Gasteiger partial charge in [-0.15, -0.1) is 0 Å². The molecule has 0 aromatic rings. The summed E-state index contributed by atoms with van der Waals surface area (Å²) in [6.45, 7) is 3.75. The van der Waals surface area contributed by atoms with E-state index in [0.29, 0.717) is 11.1 Å². The lowest BCUT2D eigenvalue weighted by atomic mass is 10.1. The van der Waals surface area contributed by atoms with Gasteiger partial charge in [0.05, 0.1) is 18.1 Å². The van der Waals surface area contributed by atoms with Gasteiger partial charge in [0.2, 0.25) is 0 Å². The van der Waals surface area contributed by atoms with Crippen molar-refractivity contribution < 1.29 is 14.3 Å². The van der Waals surface area contributed by atoms with E-state index < -0.39 is 5.97 Å². The zero-order chi connectivity index (χ0) is 9.42. The van der Waals surface area contributed by atoms with Crippen LogP contribution in [0.15, 0.2) is 29.1 Å². The van der Waals surface area contributed by atoms with Crippen LogP contribution in [-0.2, 0) is 0 Å². The molecule has 0 spiro atoms. The molecule has 1 radical (unpaired) electrons. The SMILES string of the molecule is [CH2]c1cc(C(=O)O)c2coccc1-2. The molecule has 0 amide bonds. The number of hydrogen-bond acceptors (Lipinski definition) is 2. The van der Waals surface area contributed by atoms with E-state index in [-0.39, 0.29) is 5.56 Å². The lowest BCUT2D eigenvalue weighted by molar-refractivity contribution is 0.0698. The Labute approximate surface area is 74.9 Å². The summed E-state index contributed by atoms with van der Waals surface area (Å²) < 4.78 is 4.90. The van der Waals surface area contributed by atoms with Gasteiger partial charge < -0.3 is 9.52 Å². The molecule has 0 bridgehead atoms. The Morgan fingerprint density at radius 2 is 2.23 bits per heavy atom. The Bertz CT molecular complexity index is 428. The number of carbonyl (C=O) groups is 1. The summed E-state index contributed by atoms with van der Waals surface area (Å²) in [4.78, 5) is 10.8. The minimum absolute atomic E-state index is 0.240. The smallest absolute Gasteiger partial charge is 0.336 e. The molecule has 1 aliphatic heterocycles. The monoisotopic (exact) mass is 175 g/mol. The van der Waals surface area contributed by atoms with Crippen LogP contribution in [0, 0.1) is 6.92 Å². The van der Waals surface area contributed by atoms with Gasteiger partial charge in [0.25, 0.3) is 0 Å². The molecule has 1 heterocycles. The number of fused-ring (bicyclic) bond motifs is 1. The summed E-state index contributed by atoms with van der Waals surface area (Å²) in [5, 5.41) is 8.83. The number of hydrogen-bond donors (Lipinski definition) is 1. The van der Waals surface area contributed by atoms with Crippen LogP contribution in [0.2, 0.25) is 0 Å². The fraction of sp³-hybridized carbons (Fsp3) is 0. The molecule has 65 valence electrons. The molecular weight excluding hydrogens is 168 g/mol. The van der Waals surface area contributed by atoms with Crippen molar-refractivity contribution in [1.29, 1.82) is 0 Å². The fourth-order valence-electron chi connectivity index (χ4n) is 1.36. The van der Waals surface area contributed by atoms with Crippen molar-refractivity contribution in [3.05, 3.63) is 42.7 Å². The zero-order valence-corrected chi connectivity index (χ0v) is 6.78. The summed E-state index contributed by atoms with van der Waals surface area (Å²) in [6.07, 6.45) is 2.93. The van der Waals surface area contributed by atoms with E-state index in [4.69, 9.17) is 9.52 Å². The van der Waals surface area contributed by atoms with Gasteiger partial charge in [-0.1, -0.05) is 0 Å². The van der Waals surface area contributed by atoms with E-state index in [2.05, 4.69) is 6.92 Å². The maximum atomic E-state index is 10.8. The van der Waals surface area contributed by atoms with Crippen molar-refractivity contribution >= 4 is 5.97 Å². The van der Waals surface area contributed by atoms with Crippen molar-refractivity contribution in [2.75, 3.05) is 0 Å². The van der Waals surface area contributed by atoms with Crippen LogP contribution in [0.4, 0.5) is 0 Å². The van der Waals surface area contributed by atoms with E-state index >= 15 is 0 Å². The molecule has 1 N–H and O–H groups in total. The van der Waals surface area contributed by atoms with Crippen molar-refractivity contribution in [3.8, 4) is 11.1 Å². The van der Waals surface area contributed by atoms with Gasteiger partial charge in [-0.2, -0.15) is 0 Å². The second kappa shape index (κ2) is 2.62. The predicted octanol–water partition coefficient (Wildman–Crippen LogP) is 2.26. The molecule has 0 fully saturated rings. The highest BCUT2D eigenvalue weighted by Crippen LogP contribution is 2.31. The maximum Gasteiger partial charge on any atom is 0.336 e. The van der Waals surface area contributed by atoms with E-state index in [1.165, 1.54) is 12.5 Å². The van der Waals surface area contributed by atoms with E-state index in [9.17, 15) is 4.79 Å². The van der Waals surface area contributed by atoms with Crippen molar-refractivity contribution in [1.82, 2.24) is 0 Å². The first kappa shape index (κ1) is 7.86. The molecule has 0 aromatic carbocycles. The average Bonchev–Trinajstić information content (AvgIpc) is 2.45. The van der Waals surface area contributed by atoms with Crippen molar-refractivity contribution in [3.63, 3.8) is 0 Å². The lowest BCUT2D eigenvalue weighted by Gasteiger charge is -1.98. The molecule has 3 nitrogen and oxygen atoms in total. The molecule has 0 saturated carbocycles. The Morgan fingerprint density at radius 1 is 1.46 bits per heavy atom. The first-order chi connectivity index (χ1) is 6.20. The summed E-state index contributed by atoms with van der Waals surface area (Å²) in [6, 6.07) is 3.26. The highest BCUT2D eigenvalue weighted by molar-refractivity contribution is 5.98. The third-order valence-corrected chi connectivity index (χ3v) is 1.97. The van der Waals surface area contributed by atoms with Crippen LogP contribution >= 0.6 is 0 Å². The Kier molecular flexibility index (Phi) is 1.59. The highest BCUT2D eigenvalue weighted by Gasteiger charge is 2.17. The van der Waals surface area contributed by atoms with Crippen molar-refractivity contribution in [2.45, 2.75) is 0 Å². The van der Waals surface area contributed by atoms with Gasteiger partial charge in [0, 0.05) is 5.56 Å². The largest absolute Gasteiger partial charge is 0.478 e. The molecule has 0 unspecified atom stereocenters. The molecule has 2 rings (SSSR count). The molecule has 0 atom stereocenters. The summed E-state index contributed by atoms with van der Waals surface area (Å²) in [7, 11) is 0. The summed E-state index contributed by atoms with van der Waals surface area (Å²) in [5.74, 6) is -0.957. The van der Waals surface area contributed by atoms with E-state index in [0.717, 1.165) is 5.56 Å². The Hall–Kier alpha value is -1.77. The van der Waals surface area contributed by atoms with Gasteiger partial charge in [-0.3, -0.25) is 0 Å². The molecule has 1 aliphatic carbocycles. The van der Waals surface area contributed by atoms with Crippen LogP contribution in [-0.4, -0.2) is 11.1 Å². The minimum atomic E-state index is -0.957. The molecule has 0 aromatic heterocycles. The summed E-state index contributed by atoms with van der Waals surface area (Å²) in [5.41, 5.74) is 2.37. The van der Waals surface area contributed by atoms with Crippen molar-refractivity contribution in [2.24, 2.45) is 0 Å².